The molecule has 1 aromatic heterocycles. The molecule has 2 N–H and O–H groups in total. The van der Waals surface area contributed by atoms with E-state index in [1.165, 1.54) is 0 Å². The van der Waals surface area contributed by atoms with E-state index in [-0.39, 0.29) is 0 Å². The predicted octanol–water partition coefficient (Wildman–Crippen LogP) is 1.61. The Morgan fingerprint density at radius 2 is 2.00 bits per heavy atom. The number of likely N-dealkylation sites (N-methyl/N-ethyl adjacent to an activating group) is 1. The molecule has 0 radical (unpaired) electrons. The van der Waals surface area contributed by atoms with Gasteiger partial charge >= 0.3 is 0 Å². The number of rotatable bonds is 8. The zero-order chi connectivity index (χ0) is 16.7. The van der Waals surface area contributed by atoms with E-state index in [4.69, 9.17) is 9.47 Å². The highest BCUT2D eigenvalue weighted by Gasteiger charge is 2.08. The number of nitrogens with zero attached hydrogens (tertiary/aromatic N) is 4. The van der Waals surface area contributed by atoms with E-state index >= 15 is 0 Å². The Morgan fingerprint density at radius 1 is 1.17 bits per heavy atom. The molecule has 0 saturated heterocycles. The molecule has 124 valence electrons. The Hall–Kier alpha value is -2.61. The van der Waals surface area contributed by atoms with Gasteiger partial charge in [0.05, 0.1) is 26.1 Å². The van der Waals surface area contributed by atoms with Crippen LogP contribution in [-0.2, 0) is 0 Å². The normalized spacial score (nSPS) is 10.5. The minimum Gasteiger partial charge on any atom is -0.497 e. The van der Waals surface area contributed by atoms with E-state index in [1.807, 2.05) is 32.3 Å². The second-order valence-corrected chi connectivity index (χ2v) is 5.09. The molecule has 2 aromatic rings. The Kier molecular flexibility index (Phi) is 5.93. The molecule has 0 atom stereocenters. The first-order valence-corrected chi connectivity index (χ1v) is 7.19. The number of hydrogen-bond acceptors (Lipinski definition) is 8. The highest BCUT2D eigenvalue weighted by Crippen LogP contribution is 2.30. The van der Waals surface area contributed by atoms with E-state index in [2.05, 4.69) is 30.7 Å². The van der Waals surface area contributed by atoms with Crippen molar-refractivity contribution in [1.82, 2.24) is 20.1 Å². The van der Waals surface area contributed by atoms with Crippen molar-refractivity contribution in [3.63, 3.8) is 0 Å². The molecule has 23 heavy (non-hydrogen) atoms. The monoisotopic (exact) mass is 318 g/mol. The van der Waals surface area contributed by atoms with Crippen LogP contribution < -0.4 is 20.1 Å². The quantitative estimate of drug-likeness (QED) is 0.759. The first kappa shape index (κ1) is 16.8. The molecular formula is C15H22N6O2. The van der Waals surface area contributed by atoms with Crippen molar-refractivity contribution in [2.75, 3.05) is 52.0 Å². The number of ether oxygens (including phenoxy) is 2. The maximum absolute atomic E-state index is 5.32. The van der Waals surface area contributed by atoms with Gasteiger partial charge in [-0.1, -0.05) is 0 Å². The average Bonchev–Trinajstić information content (AvgIpc) is 2.55. The lowest BCUT2D eigenvalue weighted by Crippen LogP contribution is -2.21. The smallest absolute Gasteiger partial charge is 0.249 e. The molecule has 8 nitrogen and oxygen atoms in total. The van der Waals surface area contributed by atoms with Gasteiger partial charge in [0.1, 0.15) is 11.5 Å². The van der Waals surface area contributed by atoms with Crippen molar-refractivity contribution >= 4 is 17.5 Å². The molecule has 1 heterocycles. The number of anilines is 3. The van der Waals surface area contributed by atoms with Crippen molar-refractivity contribution in [1.29, 1.82) is 0 Å². The Bertz CT molecular complexity index is 635. The molecule has 2 rings (SSSR count). The van der Waals surface area contributed by atoms with E-state index in [9.17, 15) is 0 Å². The molecule has 0 amide bonds. The lowest BCUT2D eigenvalue weighted by atomic mass is 10.2. The van der Waals surface area contributed by atoms with Gasteiger partial charge in [-0.25, -0.2) is 0 Å². The maximum atomic E-state index is 5.32. The third kappa shape index (κ3) is 4.96. The summed E-state index contributed by atoms with van der Waals surface area (Å²) in [6.45, 7) is 1.67. The van der Waals surface area contributed by atoms with Gasteiger partial charge in [-0.15, -0.1) is 5.10 Å². The topological polar surface area (TPSA) is 84.4 Å². The highest BCUT2D eigenvalue weighted by molar-refractivity contribution is 5.65. The molecule has 0 spiro atoms. The minimum absolute atomic E-state index is 0.381. The van der Waals surface area contributed by atoms with Gasteiger partial charge in [-0.3, -0.25) is 0 Å². The molecule has 0 saturated carbocycles. The van der Waals surface area contributed by atoms with Crippen LogP contribution in [0.15, 0.2) is 24.4 Å². The Morgan fingerprint density at radius 3 is 2.70 bits per heavy atom. The third-order valence-corrected chi connectivity index (χ3v) is 3.08. The van der Waals surface area contributed by atoms with Gasteiger partial charge in [-0.05, 0) is 26.2 Å². The van der Waals surface area contributed by atoms with Crippen LogP contribution in [0.3, 0.4) is 0 Å². The van der Waals surface area contributed by atoms with Gasteiger partial charge in [0, 0.05) is 19.2 Å². The summed E-state index contributed by atoms with van der Waals surface area (Å²) < 4.78 is 10.5. The van der Waals surface area contributed by atoms with Crippen LogP contribution in [0.2, 0.25) is 0 Å². The van der Waals surface area contributed by atoms with E-state index in [1.54, 1.807) is 20.4 Å². The maximum Gasteiger partial charge on any atom is 0.249 e. The first-order valence-electron chi connectivity index (χ1n) is 7.19. The average molecular weight is 318 g/mol. The van der Waals surface area contributed by atoms with Crippen molar-refractivity contribution in [2.24, 2.45) is 0 Å². The first-order chi connectivity index (χ1) is 11.1. The van der Waals surface area contributed by atoms with Crippen LogP contribution >= 0.6 is 0 Å². The van der Waals surface area contributed by atoms with Crippen LogP contribution in [0.4, 0.5) is 17.5 Å². The molecule has 0 fully saturated rings. The van der Waals surface area contributed by atoms with Crippen LogP contribution in [0, 0.1) is 0 Å². The van der Waals surface area contributed by atoms with Crippen molar-refractivity contribution < 1.29 is 9.47 Å². The number of methoxy groups -OCH3 is 2. The number of aromatic nitrogens is 3. The van der Waals surface area contributed by atoms with Gasteiger partial charge in [0.15, 0.2) is 5.82 Å². The van der Waals surface area contributed by atoms with E-state index in [0.717, 1.165) is 13.1 Å². The molecule has 8 heteroatoms. The molecule has 0 aliphatic carbocycles. The molecule has 0 unspecified atom stereocenters. The fraction of sp³-hybridized carbons (Fsp3) is 0.400. The SMILES string of the molecule is COc1ccc(OC)c(Nc2nncc(NCCN(C)C)n2)c1. The largest absolute Gasteiger partial charge is 0.497 e. The summed E-state index contributed by atoms with van der Waals surface area (Å²) in [5, 5.41) is 14.2. The summed E-state index contributed by atoms with van der Waals surface area (Å²) in [4.78, 5) is 6.47. The second-order valence-electron chi connectivity index (χ2n) is 5.09. The molecule has 0 bridgehead atoms. The van der Waals surface area contributed by atoms with Crippen molar-refractivity contribution in [3.05, 3.63) is 24.4 Å². The van der Waals surface area contributed by atoms with E-state index < -0.39 is 0 Å². The van der Waals surface area contributed by atoms with Crippen LogP contribution in [0.1, 0.15) is 0 Å². The summed E-state index contributed by atoms with van der Waals surface area (Å²) in [6.07, 6.45) is 1.59. The van der Waals surface area contributed by atoms with Crippen LogP contribution in [-0.4, -0.2) is 61.5 Å². The summed E-state index contributed by atoms with van der Waals surface area (Å²) in [5.74, 6) is 2.42. The molecule has 0 aliphatic heterocycles. The van der Waals surface area contributed by atoms with Gasteiger partial charge in [0.2, 0.25) is 5.95 Å². The number of nitrogens with one attached hydrogen (secondary N) is 2. The summed E-state index contributed by atoms with van der Waals surface area (Å²) in [6, 6.07) is 5.45. The van der Waals surface area contributed by atoms with Gasteiger partial charge < -0.3 is 25.0 Å². The predicted molar refractivity (Wildman–Crippen MR) is 89.7 cm³/mol. The number of benzene rings is 1. The Labute approximate surface area is 135 Å². The zero-order valence-corrected chi connectivity index (χ0v) is 13.8. The zero-order valence-electron chi connectivity index (χ0n) is 13.8. The summed E-state index contributed by atoms with van der Waals surface area (Å²) >= 11 is 0. The fourth-order valence-electron chi connectivity index (χ4n) is 1.88. The summed E-state index contributed by atoms with van der Waals surface area (Å²) in [7, 11) is 7.24. The van der Waals surface area contributed by atoms with Gasteiger partial charge in [0.25, 0.3) is 0 Å². The standard InChI is InChI=1S/C15H22N6O2/c1-21(2)8-7-16-14-10-17-20-15(19-14)18-12-9-11(22-3)5-6-13(12)23-4/h5-6,9-10H,7-8H2,1-4H3,(H2,16,18,19,20). The minimum atomic E-state index is 0.381. The lowest BCUT2D eigenvalue weighted by Gasteiger charge is -2.13. The van der Waals surface area contributed by atoms with Crippen molar-refractivity contribution in [3.8, 4) is 11.5 Å². The van der Waals surface area contributed by atoms with E-state index in [0.29, 0.717) is 29.0 Å². The Balaban J connectivity index is 2.11. The fourth-order valence-corrected chi connectivity index (χ4v) is 1.88. The van der Waals surface area contributed by atoms with Crippen molar-refractivity contribution in [2.45, 2.75) is 0 Å². The van der Waals surface area contributed by atoms with Crippen LogP contribution in [0.5, 0.6) is 11.5 Å². The molecule has 1 aromatic carbocycles. The lowest BCUT2D eigenvalue weighted by molar-refractivity contribution is 0.405. The number of hydrogen-bond donors (Lipinski definition) is 2. The molecular weight excluding hydrogens is 296 g/mol. The second kappa shape index (κ2) is 8.14. The third-order valence-electron chi connectivity index (χ3n) is 3.08. The summed E-state index contributed by atoms with van der Waals surface area (Å²) in [5.41, 5.74) is 0.707. The molecule has 0 aliphatic rings. The highest BCUT2D eigenvalue weighted by atomic mass is 16.5. The van der Waals surface area contributed by atoms with Crippen LogP contribution in [0.25, 0.3) is 0 Å². The van der Waals surface area contributed by atoms with Gasteiger partial charge in [-0.2, -0.15) is 10.1 Å².